The van der Waals surface area contributed by atoms with Crippen molar-refractivity contribution in [3.8, 4) is 0 Å². The van der Waals surface area contributed by atoms with Crippen LogP contribution in [0.4, 0.5) is 5.95 Å². The SMILES string of the molecule is [2H]c1nc(NC(C([2H])([2H])[2H])(C([2H])([2H])[2H])C([2H])([2H])[2H])[nH]c(=NC2CCC(C)C(O)C2)c1C(N)=O. The van der Waals surface area contributed by atoms with Gasteiger partial charge in [-0.15, -0.1) is 0 Å². The molecule has 1 aromatic heterocycles. The van der Waals surface area contributed by atoms with Crippen LogP contribution < -0.4 is 16.5 Å². The van der Waals surface area contributed by atoms with Crippen molar-refractivity contribution in [3.63, 3.8) is 0 Å². The molecule has 3 unspecified atom stereocenters. The van der Waals surface area contributed by atoms with Crippen molar-refractivity contribution >= 4 is 11.9 Å². The quantitative estimate of drug-likeness (QED) is 0.665. The third-order valence-electron chi connectivity index (χ3n) is 3.74. The van der Waals surface area contributed by atoms with Gasteiger partial charge in [0, 0.05) is 24.0 Å². The van der Waals surface area contributed by atoms with Gasteiger partial charge in [-0.1, -0.05) is 6.92 Å². The number of aromatic amines is 1. The molecule has 5 N–H and O–H groups in total. The predicted octanol–water partition coefficient (Wildman–Crippen LogP) is 1.17. The van der Waals surface area contributed by atoms with Crippen molar-refractivity contribution < 1.29 is 23.6 Å². The molecule has 0 radical (unpaired) electrons. The van der Waals surface area contributed by atoms with Crippen LogP contribution in [0.5, 0.6) is 0 Å². The molecule has 1 saturated carbocycles. The number of H-pyrrole nitrogens is 1. The molecule has 3 atom stereocenters. The summed E-state index contributed by atoms with van der Waals surface area (Å²) in [7, 11) is 0. The number of nitrogens with zero attached hydrogens (tertiary/aromatic N) is 2. The summed E-state index contributed by atoms with van der Waals surface area (Å²) in [5.74, 6) is -1.74. The van der Waals surface area contributed by atoms with E-state index in [-0.39, 0.29) is 17.8 Å². The number of amides is 1. The molecular formula is C16H27N5O2. The summed E-state index contributed by atoms with van der Waals surface area (Å²) in [5, 5.41) is 12.1. The fraction of sp³-hybridized carbons (Fsp3) is 0.688. The zero-order valence-electron chi connectivity index (χ0n) is 22.7. The predicted molar refractivity (Wildman–Crippen MR) is 88.9 cm³/mol. The van der Waals surface area contributed by atoms with Gasteiger partial charge in [-0.05, 0) is 45.7 Å². The minimum Gasteiger partial charge on any atom is -0.393 e. The second kappa shape index (κ2) is 6.70. The molecule has 1 fully saturated rings. The van der Waals surface area contributed by atoms with Crippen molar-refractivity contribution in [3.05, 3.63) is 17.2 Å². The fourth-order valence-corrected chi connectivity index (χ4v) is 2.45. The summed E-state index contributed by atoms with van der Waals surface area (Å²) < 4.78 is 77.3. The lowest BCUT2D eigenvalue weighted by molar-refractivity contribution is 0.0704. The third kappa shape index (κ3) is 4.79. The first-order valence-corrected chi connectivity index (χ1v) is 7.22. The molecule has 0 saturated heterocycles. The number of aromatic nitrogens is 2. The topological polar surface area (TPSA) is 116 Å². The number of nitrogens with two attached hydrogens (primary N) is 1. The molecule has 0 aromatic carbocycles. The van der Waals surface area contributed by atoms with Gasteiger partial charge in [0.1, 0.15) is 5.49 Å². The Morgan fingerprint density at radius 3 is 2.96 bits per heavy atom. The van der Waals surface area contributed by atoms with E-state index in [2.05, 4.69) is 15.0 Å². The maximum absolute atomic E-state index is 11.9. The molecule has 0 bridgehead atoms. The lowest BCUT2D eigenvalue weighted by Gasteiger charge is -2.28. The molecule has 1 heterocycles. The first kappa shape index (κ1) is 8.28. The normalized spacial score (nSPS) is 34.2. The number of hydrogen-bond acceptors (Lipinski definition) is 5. The standard InChI is InChI=1S/C16H27N5O2/c1-9-5-6-10(7-12(9)22)19-14-11(13(17)23)8-18-15(20-14)21-16(2,3)4/h8-10,12,22H,5-7H2,1-4H3,(H2,17,23)(H2,18,19,20,21)/i2D3,3D3,4D3,8D. The first-order chi connectivity index (χ1) is 14.8. The van der Waals surface area contributed by atoms with Crippen LogP contribution in [0.25, 0.3) is 0 Å². The van der Waals surface area contributed by atoms with E-state index in [0.717, 1.165) is 0 Å². The van der Waals surface area contributed by atoms with Gasteiger partial charge >= 0.3 is 0 Å². The van der Waals surface area contributed by atoms with Crippen molar-refractivity contribution in [2.24, 2.45) is 16.6 Å². The van der Waals surface area contributed by atoms with Crippen LogP contribution in [0.15, 0.2) is 11.2 Å². The summed E-state index contributed by atoms with van der Waals surface area (Å²) in [6.45, 7) is -8.82. The summed E-state index contributed by atoms with van der Waals surface area (Å²) in [4.78, 5) is 22.3. The molecule has 0 spiro atoms. The van der Waals surface area contributed by atoms with Crippen LogP contribution in [0, 0.1) is 5.92 Å². The van der Waals surface area contributed by atoms with E-state index < -0.39 is 61.8 Å². The molecule has 23 heavy (non-hydrogen) atoms. The minimum absolute atomic E-state index is 0.0379. The summed E-state index contributed by atoms with van der Waals surface area (Å²) >= 11 is 0. The molecule has 1 aliphatic rings. The van der Waals surface area contributed by atoms with E-state index in [1.54, 1.807) is 0 Å². The molecule has 0 aliphatic heterocycles. The number of rotatable bonds is 3. The molecule has 128 valence electrons. The van der Waals surface area contributed by atoms with Crippen molar-refractivity contribution in [2.45, 2.75) is 64.4 Å². The highest BCUT2D eigenvalue weighted by Crippen LogP contribution is 2.25. The number of anilines is 1. The van der Waals surface area contributed by atoms with Crippen LogP contribution in [0.2, 0.25) is 0 Å². The number of primary amides is 1. The Bertz CT molecular complexity index is 917. The van der Waals surface area contributed by atoms with Gasteiger partial charge in [-0.25, -0.2) is 4.98 Å². The van der Waals surface area contributed by atoms with Crippen LogP contribution in [-0.4, -0.2) is 38.7 Å². The number of aliphatic hydroxyl groups excluding tert-OH is 1. The van der Waals surface area contributed by atoms with Crippen LogP contribution >= 0.6 is 0 Å². The smallest absolute Gasteiger partial charge is 0.254 e. The molecular weight excluding hydrogens is 294 g/mol. The van der Waals surface area contributed by atoms with E-state index in [4.69, 9.17) is 19.4 Å². The Morgan fingerprint density at radius 1 is 1.61 bits per heavy atom. The van der Waals surface area contributed by atoms with Gasteiger partial charge in [0.05, 0.1) is 19.1 Å². The fourth-order valence-electron chi connectivity index (χ4n) is 2.45. The van der Waals surface area contributed by atoms with Crippen LogP contribution in [-0.2, 0) is 0 Å². The number of nitrogens with one attached hydrogen (secondary N) is 2. The largest absolute Gasteiger partial charge is 0.393 e. The molecule has 7 nitrogen and oxygen atoms in total. The second-order valence-corrected chi connectivity index (χ2v) is 5.80. The van der Waals surface area contributed by atoms with Gasteiger partial charge in [0.2, 0.25) is 5.95 Å². The van der Waals surface area contributed by atoms with E-state index in [0.29, 0.717) is 12.8 Å². The van der Waals surface area contributed by atoms with E-state index in [1.807, 2.05) is 12.2 Å². The lowest BCUT2D eigenvalue weighted by atomic mass is 9.85. The molecule has 1 aliphatic carbocycles. The maximum Gasteiger partial charge on any atom is 0.254 e. The number of aliphatic hydroxyl groups is 1. The second-order valence-electron chi connectivity index (χ2n) is 5.80. The first-order valence-electron chi connectivity index (χ1n) is 12.2. The van der Waals surface area contributed by atoms with Crippen molar-refractivity contribution in [1.82, 2.24) is 9.97 Å². The monoisotopic (exact) mass is 331 g/mol. The highest BCUT2D eigenvalue weighted by atomic mass is 16.3. The Hall–Kier alpha value is -1.89. The van der Waals surface area contributed by atoms with Crippen molar-refractivity contribution in [2.75, 3.05) is 5.32 Å². The van der Waals surface area contributed by atoms with Gasteiger partial charge in [0.25, 0.3) is 5.91 Å². The zero-order chi connectivity index (χ0) is 25.6. The van der Waals surface area contributed by atoms with E-state index in [9.17, 15) is 9.90 Å². The Balaban J connectivity index is 2.71. The number of carbonyl (C=O) groups excluding carboxylic acids is 1. The molecule has 1 aromatic rings. The molecule has 2 rings (SSSR count). The summed E-state index contributed by atoms with van der Waals surface area (Å²) in [5.41, 5.74) is 1.14. The van der Waals surface area contributed by atoms with Crippen LogP contribution in [0.1, 0.15) is 70.8 Å². The average molecular weight is 331 g/mol. The Kier molecular flexibility index (Phi) is 2.41. The van der Waals surface area contributed by atoms with E-state index >= 15 is 0 Å². The van der Waals surface area contributed by atoms with Crippen molar-refractivity contribution in [1.29, 1.82) is 0 Å². The molecule has 7 heteroatoms. The zero-order valence-corrected chi connectivity index (χ0v) is 12.7. The molecule has 1 amide bonds. The average Bonchev–Trinajstić information content (AvgIpc) is 2.59. The van der Waals surface area contributed by atoms with Gasteiger partial charge in [-0.2, -0.15) is 0 Å². The minimum atomic E-state index is -3.56. The summed E-state index contributed by atoms with van der Waals surface area (Å²) in [6.07, 6.45) is -0.00994. The maximum atomic E-state index is 11.9. The van der Waals surface area contributed by atoms with Gasteiger partial charge in [-0.3, -0.25) is 9.79 Å². The van der Waals surface area contributed by atoms with E-state index in [1.165, 1.54) is 0 Å². The van der Waals surface area contributed by atoms with Gasteiger partial charge in [0.15, 0.2) is 0 Å². The van der Waals surface area contributed by atoms with Crippen LogP contribution in [0.3, 0.4) is 0 Å². The number of hydrogen-bond donors (Lipinski definition) is 4. The summed E-state index contributed by atoms with van der Waals surface area (Å²) in [6, 6.07) is -0.488. The highest BCUT2D eigenvalue weighted by Gasteiger charge is 2.26. The number of carbonyl (C=O) groups is 1. The lowest BCUT2D eigenvalue weighted by Crippen LogP contribution is -2.34. The Morgan fingerprint density at radius 2 is 2.35 bits per heavy atom. The third-order valence-corrected chi connectivity index (χ3v) is 3.74. The Labute approximate surface area is 150 Å². The van der Waals surface area contributed by atoms with Gasteiger partial charge < -0.3 is 21.1 Å². The highest BCUT2D eigenvalue weighted by molar-refractivity contribution is 5.92.